The molecule has 2 aromatic rings. The van der Waals surface area contributed by atoms with Gasteiger partial charge in [0.05, 0.1) is 16.3 Å². The zero-order chi connectivity index (χ0) is 15.6. The molecule has 0 aliphatic rings. The Hall–Kier alpha value is -2.28. The molecule has 0 spiro atoms. The molecule has 4 nitrogen and oxygen atoms in total. The summed E-state index contributed by atoms with van der Waals surface area (Å²) in [6, 6.07) is 6.23. The molecule has 1 heterocycles. The number of nitrogens with one attached hydrogen (secondary N) is 1. The number of aromatic nitrogens is 1. The second-order valence-electron chi connectivity index (χ2n) is 4.12. The number of carbonyl (C=O) groups excluding carboxylic acids is 1. The fourth-order valence-corrected chi connectivity index (χ4v) is 1.68. The van der Waals surface area contributed by atoms with E-state index in [2.05, 4.69) is 10.3 Å². The topological polar surface area (TPSA) is 68.0 Å². The average molecular weight is 316 g/mol. The van der Waals surface area contributed by atoms with Gasteiger partial charge in [-0.05, 0) is 30.3 Å². The van der Waals surface area contributed by atoms with Gasteiger partial charge < -0.3 is 11.1 Å². The van der Waals surface area contributed by atoms with Crippen molar-refractivity contribution in [3.05, 3.63) is 52.8 Å². The fraction of sp³-hybridized carbons (Fsp3) is 0.0769. The monoisotopic (exact) mass is 315 g/mol. The number of nitrogen functional groups attached to an aromatic ring is 1. The van der Waals surface area contributed by atoms with E-state index in [1.807, 2.05) is 0 Å². The van der Waals surface area contributed by atoms with Crippen molar-refractivity contribution in [1.29, 1.82) is 0 Å². The molecule has 110 valence electrons. The van der Waals surface area contributed by atoms with Crippen LogP contribution in [0.4, 0.5) is 24.5 Å². The number of rotatable bonds is 2. The van der Waals surface area contributed by atoms with E-state index in [0.717, 1.165) is 12.1 Å². The third-order valence-corrected chi connectivity index (χ3v) is 2.91. The summed E-state index contributed by atoms with van der Waals surface area (Å²) in [5, 5.41) is 2.72. The Balaban J connectivity index is 2.15. The zero-order valence-electron chi connectivity index (χ0n) is 10.4. The maximum Gasteiger partial charge on any atom is 0.417 e. The largest absolute Gasteiger partial charge is 0.417 e. The van der Waals surface area contributed by atoms with E-state index < -0.39 is 17.6 Å². The number of carbonyl (C=O) groups is 1. The van der Waals surface area contributed by atoms with Gasteiger partial charge in [-0.15, -0.1) is 0 Å². The second-order valence-corrected chi connectivity index (χ2v) is 4.53. The molecule has 0 radical (unpaired) electrons. The number of nitrogens with zero attached hydrogens (tertiary/aromatic N) is 1. The Labute approximate surface area is 122 Å². The van der Waals surface area contributed by atoms with Gasteiger partial charge >= 0.3 is 6.18 Å². The molecule has 3 N–H and O–H groups in total. The number of amides is 1. The molecule has 0 aliphatic heterocycles. The first kappa shape index (κ1) is 15.1. The number of hydrogen-bond acceptors (Lipinski definition) is 3. The van der Waals surface area contributed by atoms with Crippen LogP contribution in [0.1, 0.15) is 16.1 Å². The number of pyridine rings is 1. The summed E-state index contributed by atoms with van der Waals surface area (Å²) < 4.78 is 37.1. The predicted molar refractivity (Wildman–Crippen MR) is 73.1 cm³/mol. The van der Waals surface area contributed by atoms with Crippen LogP contribution in [0.5, 0.6) is 0 Å². The quantitative estimate of drug-likeness (QED) is 0.832. The van der Waals surface area contributed by atoms with Crippen LogP contribution >= 0.6 is 11.6 Å². The molecular formula is C13H9ClF3N3O. The molecule has 21 heavy (non-hydrogen) atoms. The van der Waals surface area contributed by atoms with Gasteiger partial charge in [-0.3, -0.25) is 9.78 Å². The highest BCUT2D eigenvalue weighted by atomic mass is 35.5. The van der Waals surface area contributed by atoms with Crippen molar-refractivity contribution in [2.24, 2.45) is 0 Å². The van der Waals surface area contributed by atoms with Crippen LogP contribution in [-0.4, -0.2) is 10.9 Å². The highest BCUT2D eigenvalue weighted by Crippen LogP contribution is 2.28. The maximum atomic E-state index is 12.4. The SMILES string of the molecule is Nc1ccc(NC(=O)c2ccc(C(F)(F)F)cn2)cc1Cl. The van der Waals surface area contributed by atoms with Gasteiger partial charge in [0.25, 0.3) is 5.91 Å². The van der Waals surface area contributed by atoms with Crippen LogP contribution in [0.15, 0.2) is 36.5 Å². The van der Waals surface area contributed by atoms with Crippen molar-refractivity contribution in [2.45, 2.75) is 6.18 Å². The normalized spacial score (nSPS) is 11.2. The van der Waals surface area contributed by atoms with E-state index in [0.29, 0.717) is 17.6 Å². The first-order chi connectivity index (χ1) is 9.77. The van der Waals surface area contributed by atoms with Gasteiger partial charge in [-0.25, -0.2) is 0 Å². The summed E-state index contributed by atoms with van der Waals surface area (Å²) in [6.07, 6.45) is -3.89. The summed E-state index contributed by atoms with van der Waals surface area (Å²) in [5.41, 5.74) is 5.17. The molecule has 2 rings (SSSR count). The van der Waals surface area contributed by atoms with Gasteiger partial charge in [0.2, 0.25) is 0 Å². The van der Waals surface area contributed by atoms with Gasteiger partial charge in [0, 0.05) is 11.9 Å². The lowest BCUT2D eigenvalue weighted by atomic mass is 10.2. The Kier molecular flexibility index (Phi) is 4.04. The fourth-order valence-electron chi connectivity index (χ4n) is 1.50. The lowest BCUT2D eigenvalue weighted by Gasteiger charge is -2.08. The predicted octanol–water partition coefficient (Wildman–Crippen LogP) is 3.59. The summed E-state index contributed by atoms with van der Waals surface area (Å²) in [6.45, 7) is 0. The van der Waals surface area contributed by atoms with Crippen LogP contribution in [0.3, 0.4) is 0 Å². The first-order valence-electron chi connectivity index (χ1n) is 5.67. The van der Waals surface area contributed by atoms with Crippen LogP contribution in [0.2, 0.25) is 5.02 Å². The molecule has 1 aromatic carbocycles. The Bertz CT molecular complexity index is 671. The van der Waals surface area contributed by atoms with E-state index in [4.69, 9.17) is 17.3 Å². The second kappa shape index (κ2) is 5.61. The van der Waals surface area contributed by atoms with Crippen molar-refractivity contribution in [3.8, 4) is 0 Å². The maximum absolute atomic E-state index is 12.4. The first-order valence-corrected chi connectivity index (χ1v) is 6.05. The highest BCUT2D eigenvalue weighted by Gasteiger charge is 2.30. The summed E-state index contributed by atoms with van der Waals surface area (Å²) >= 11 is 5.80. The third-order valence-electron chi connectivity index (χ3n) is 2.58. The molecule has 0 fully saturated rings. The standard InChI is InChI=1S/C13H9ClF3N3O/c14-9-5-8(2-3-10(9)18)20-12(21)11-4-1-7(6-19-11)13(15,16)17/h1-6H,18H2,(H,20,21). The molecule has 0 aliphatic carbocycles. The number of alkyl halides is 3. The molecule has 1 amide bonds. The van der Waals surface area contributed by atoms with Crippen LogP contribution in [0, 0.1) is 0 Å². The van der Waals surface area contributed by atoms with Crippen LogP contribution < -0.4 is 11.1 Å². The molecule has 0 bridgehead atoms. The molecule has 8 heteroatoms. The van der Waals surface area contributed by atoms with Gasteiger partial charge in [-0.1, -0.05) is 11.6 Å². The summed E-state index contributed by atoms with van der Waals surface area (Å²) in [4.78, 5) is 15.3. The van der Waals surface area contributed by atoms with Gasteiger partial charge in [0.15, 0.2) is 0 Å². The van der Waals surface area contributed by atoms with Crippen molar-refractivity contribution >= 4 is 28.9 Å². The number of nitrogens with two attached hydrogens (primary N) is 1. The van der Waals surface area contributed by atoms with Crippen molar-refractivity contribution in [1.82, 2.24) is 4.98 Å². The highest BCUT2D eigenvalue weighted by molar-refractivity contribution is 6.33. The molecule has 0 unspecified atom stereocenters. The average Bonchev–Trinajstić information content (AvgIpc) is 2.42. The number of benzene rings is 1. The van der Waals surface area contributed by atoms with E-state index in [9.17, 15) is 18.0 Å². The van der Waals surface area contributed by atoms with Crippen molar-refractivity contribution in [3.63, 3.8) is 0 Å². The van der Waals surface area contributed by atoms with Gasteiger partial charge in [0.1, 0.15) is 5.69 Å². The van der Waals surface area contributed by atoms with E-state index >= 15 is 0 Å². The van der Waals surface area contributed by atoms with E-state index in [-0.39, 0.29) is 10.7 Å². The number of halogens is 4. The zero-order valence-corrected chi connectivity index (χ0v) is 11.2. The van der Waals surface area contributed by atoms with Gasteiger partial charge in [-0.2, -0.15) is 13.2 Å². The minimum atomic E-state index is -4.49. The number of hydrogen-bond donors (Lipinski definition) is 2. The molecule has 0 atom stereocenters. The summed E-state index contributed by atoms with van der Waals surface area (Å²) in [7, 11) is 0. The molecule has 0 saturated carbocycles. The molecule has 1 aromatic heterocycles. The Morgan fingerprint density at radius 3 is 2.48 bits per heavy atom. The molecular weight excluding hydrogens is 307 g/mol. The van der Waals surface area contributed by atoms with Crippen molar-refractivity contribution in [2.75, 3.05) is 11.1 Å². The van der Waals surface area contributed by atoms with E-state index in [1.54, 1.807) is 0 Å². The smallest absolute Gasteiger partial charge is 0.398 e. The minimum Gasteiger partial charge on any atom is -0.398 e. The lowest BCUT2D eigenvalue weighted by molar-refractivity contribution is -0.137. The third kappa shape index (κ3) is 3.63. The lowest BCUT2D eigenvalue weighted by Crippen LogP contribution is -2.15. The van der Waals surface area contributed by atoms with Crippen molar-refractivity contribution < 1.29 is 18.0 Å². The minimum absolute atomic E-state index is 0.143. The van der Waals surface area contributed by atoms with Crippen LogP contribution in [0.25, 0.3) is 0 Å². The summed E-state index contributed by atoms with van der Waals surface area (Å²) in [5.74, 6) is -0.649. The van der Waals surface area contributed by atoms with E-state index in [1.165, 1.54) is 18.2 Å². The van der Waals surface area contributed by atoms with Crippen LogP contribution in [-0.2, 0) is 6.18 Å². The Morgan fingerprint density at radius 2 is 1.95 bits per heavy atom. The Morgan fingerprint density at radius 1 is 1.24 bits per heavy atom. The number of anilines is 2. The molecule has 0 saturated heterocycles.